The van der Waals surface area contributed by atoms with Gasteiger partial charge in [-0.3, -0.25) is 9.97 Å². The van der Waals surface area contributed by atoms with E-state index in [0.29, 0.717) is 11.6 Å². The second-order valence-corrected chi connectivity index (χ2v) is 3.61. The number of aryl methyl sites for hydroxylation is 1. The van der Waals surface area contributed by atoms with E-state index in [2.05, 4.69) is 15.0 Å². The number of pyridine rings is 1. The Kier molecular flexibility index (Phi) is 3.30. The summed E-state index contributed by atoms with van der Waals surface area (Å²) in [5.41, 5.74) is 8.59. The summed E-state index contributed by atoms with van der Waals surface area (Å²) in [7, 11) is 1.55. The van der Waals surface area contributed by atoms with Crippen LogP contribution in [-0.2, 0) is 0 Å². The van der Waals surface area contributed by atoms with Crippen molar-refractivity contribution in [3.63, 3.8) is 0 Å². The van der Waals surface area contributed by atoms with Crippen molar-refractivity contribution in [3.8, 4) is 5.88 Å². The first kappa shape index (κ1) is 11.5. The minimum Gasteiger partial charge on any atom is -0.480 e. The van der Waals surface area contributed by atoms with Crippen LogP contribution in [0.5, 0.6) is 5.88 Å². The topological polar surface area (TPSA) is 73.9 Å². The van der Waals surface area contributed by atoms with Crippen LogP contribution in [0.2, 0.25) is 0 Å². The maximum atomic E-state index is 6.17. The number of nitrogens with two attached hydrogens (primary N) is 1. The van der Waals surface area contributed by atoms with Gasteiger partial charge in [-0.15, -0.1) is 0 Å². The van der Waals surface area contributed by atoms with E-state index in [1.807, 2.05) is 19.1 Å². The first-order valence-corrected chi connectivity index (χ1v) is 5.26. The zero-order valence-corrected chi connectivity index (χ0v) is 9.79. The third-order valence-electron chi connectivity index (χ3n) is 2.56. The predicted octanol–water partition coefficient (Wildman–Crippen LogP) is 1.24. The molecular weight excluding hydrogens is 216 g/mol. The van der Waals surface area contributed by atoms with Gasteiger partial charge in [0.1, 0.15) is 5.69 Å². The molecule has 2 aromatic rings. The van der Waals surface area contributed by atoms with Gasteiger partial charge >= 0.3 is 0 Å². The highest BCUT2D eigenvalue weighted by Crippen LogP contribution is 2.25. The Morgan fingerprint density at radius 1 is 1.18 bits per heavy atom. The average molecular weight is 230 g/mol. The van der Waals surface area contributed by atoms with Crippen LogP contribution in [-0.4, -0.2) is 22.1 Å². The molecule has 17 heavy (non-hydrogen) atoms. The molecular formula is C12H14N4O. The van der Waals surface area contributed by atoms with Crippen molar-refractivity contribution in [1.29, 1.82) is 0 Å². The van der Waals surface area contributed by atoms with Crippen LogP contribution in [0.1, 0.15) is 23.0 Å². The minimum atomic E-state index is -0.382. The van der Waals surface area contributed by atoms with Crippen LogP contribution in [0.3, 0.4) is 0 Å². The highest BCUT2D eigenvalue weighted by atomic mass is 16.5. The molecule has 5 nitrogen and oxygen atoms in total. The number of aromatic nitrogens is 3. The molecule has 0 aliphatic heterocycles. The fourth-order valence-corrected chi connectivity index (χ4v) is 1.68. The fourth-order valence-electron chi connectivity index (χ4n) is 1.68. The smallest absolute Gasteiger partial charge is 0.237 e. The average Bonchev–Trinajstić information content (AvgIpc) is 2.38. The number of hydrogen-bond acceptors (Lipinski definition) is 5. The lowest BCUT2D eigenvalue weighted by Gasteiger charge is -2.15. The molecule has 0 spiro atoms. The third kappa shape index (κ3) is 2.24. The number of nitrogens with zero attached hydrogens (tertiary/aromatic N) is 3. The van der Waals surface area contributed by atoms with Crippen LogP contribution >= 0.6 is 0 Å². The van der Waals surface area contributed by atoms with Crippen molar-refractivity contribution in [3.05, 3.63) is 47.7 Å². The summed E-state index contributed by atoms with van der Waals surface area (Å²) in [5, 5.41) is 0. The van der Waals surface area contributed by atoms with Gasteiger partial charge in [-0.2, -0.15) is 0 Å². The Morgan fingerprint density at radius 2 is 1.94 bits per heavy atom. The lowest BCUT2D eigenvalue weighted by Crippen LogP contribution is -2.17. The maximum absolute atomic E-state index is 6.17. The molecule has 0 aliphatic rings. The molecule has 1 unspecified atom stereocenters. The molecule has 0 saturated carbocycles. The summed E-state index contributed by atoms with van der Waals surface area (Å²) < 4.78 is 5.15. The SMILES string of the molecule is COc1nccnc1C(N)c1cccnc1C. The summed E-state index contributed by atoms with van der Waals surface area (Å²) in [6, 6.07) is 3.40. The van der Waals surface area contributed by atoms with E-state index in [-0.39, 0.29) is 6.04 Å². The Labute approximate surface area is 99.7 Å². The van der Waals surface area contributed by atoms with Gasteiger partial charge in [0.15, 0.2) is 0 Å². The molecule has 0 saturated heterocycles. The van der Waals surface area contributed by atoms with Crippen LogP contribution in [0.4, 0.5) is 0 Å². The van der Waals surface area contributed by atoms with Crippen LogP contribution in [0.15, 0.2) is 30.7 Å². The minimum absolute atomic E-state index is 0.382. The Balaban J connectivity index is 2.44. The van der Waals surface area contributed by atoms with Gasteiger partial charge in [0.05, 0.1) is 13.2 Å². The number of rotatable bonds is 3. The maximum Gasteiger partial charge on any atom is 0.237 e. The quantitative estimate of drug-likeness (QED) is 0.858. The molecule has 0 aliphatic carbocycles. The largest absolute Gasteiger partial charge is 0.480 e. The summed E-state index contributed by atoms with van der Waals surface area (Å²) in [6.45, 7) is 1.91. The molecule has 2 heterocycles. The fraction of sp³-hybridized carbons (Fsp3) is 0.250. The van der Waals surface area contributed by atoms with Crippen LogP contribution < -0.4 is 10.5 Å². The second-order valence-electron chi connectivity index (χ2n) is 3.61. The van der Waals surface area contributed by atoms with Gasteiger partial charge in [0.25, 0.3) is 0 Å². The van der Waals surface area contributed by atoms with Gasteiger partial charge in [-0.25, -0.2) is 4.98 Å². The van der Waals surface area contributed by atoms with Crippen molar-refractivity contribution in [2.75, 3.05) is 7.11 Å². The van der Waals surface area contributed by atoms with Crippen molar-refractivity contribution >= 4 is 0 Å². The first-order valence-electron chi connectivity index (χ1n) is 5.26. The zero-order chi connectivity index (χ0) is 12.3. The van der Waals surface area contributed by atoms with Gasteiger partial charge in [-0.05, 0) is 18.6 Å². The van der Waals surface area contributed by atoms with Crippen molar-refractivity contribution < 1.29 is 4.74 Å². The Bertz CT molecular complexity index is 515. The van der Waals surface area contributed by atoms with Gasteiger partial charge in [-0.1, -0.05) is 6.07 Å². The molecule has 0 fully saturated rings. The van der Waals surface area contributed by atoms with E-state index >= 15 is 0 Å². The monoisotopic (exact) mass is 230 g/mol. The molecule has 88 valence electrons. The van der Waals surface area contributed by atoms with E-state index in [4.69, 9.17) is 10.5 Å². The van der Waals surface area contributed by atoms with Crippen LogP contribution in [0.25, 0.3) is 0 Å². The molecule has 1 atom stereocenters. The molecule has 2 rings (SSSR count). The van der Waals surface area contributed by atoms with Gasteiger partial charge < -0.3 is 10.5 Å². The number of methoxy groups -OCH3 is 1. The van der Waals surface area contributed by atoms with Crippen molar-refractivity contribution in [2.45, 2.75) is 13.0 Å². The van der Waals surface area contributed by atoms with E-state index < -0.39 is 0 Å². The lowest BCUT2D eigenvalue weighted by molar-refractivity contribution is 0.387. The van der Waals surface area contributed by atoms with Gasteiger partial charge in [0, 0.05) is 24.3 Å². The molecule has 2 N–H and O–H groups in total. The highest BCUT2D eigenvalue weighted by Gasteiger charge is 2.18. The molecule has 0 radical (unpaired) electrons. The molecule has 0 bridgehead atoms. The number of hydrogen-bond donors (Lipinski definition) is 1. The summed E-state index contributed by atoms with van der Waals surface area (Å²) in [6.07, 6.45) is 4.91. The normalized spacial score (nSPS) is 12.2. The van der Waals surface area contributed by atoms with Crippen LogP contribution in [0, 0.1) is 6.92 Å². The van der Waals surface area contributed by atoms with E-state index in [9.17, 15) is 0 Å². The lowest BCUT2D eigenvalue weighted by atomic mass is 10.0. The van der Waals surface area contributed by atoms with Gasteiger partial charge in [0.2, 0.25) is 5.88 Å². The summed E-state index contributed by atoms with van der Waals surface area (Å²) in [5.74, 6) is 0.447. The molecule has 0 amide bonds. The third-order valence-corrected chi connectivity index (χ3v) is 2.56. The molecule has 2 aromatic heterocycles. The molecule has 5 heteroatoms. The van der Waals surface area contributed by atoms with Crippen molar-refractivity contribution in [1.82, 2.24) is 15.0 Å². The summed E-state index contributed by atoms with van der Waals surface area (Å²) in [4.78, 5) is 12.5. The van der Waals surface area contributed by atoms with E-state index in [0.717, 1.165) is 11.3 Å². The standard InChI is InChI=1S/C12H14N4O/c1-8-9(4-3-5-14-8)10(13)11-12(17-2)16-7-6-15-11/h3-7,10H,13H2,1-2H3. The molecule has 0 aromatic carbocycles. The van der Waals surface area contributed by atoms with Crippen molar-refractivity contribution in [2.24, 2.45) is 5.73 Å². The Hall–Kier alpha value is -2.01. The highest BCUT2D eigenvalue weighted by molar-refractivity contribution is 5.33. The Morgan fingerprint density at radius 3 is 2.65 bits per heavy atom. The second kappa shape index (κ2) is 4.88. The van der Waals surface area contributed by atoms with E-state index in [1.54, 1.807) is 25.7 Å². The zero-order valence-electron chi connectivity index (χ0n) is 9.79. The summed E-state index contributed by atoms with van der Waals surface area (Å²) >= 11 is 0. The van der Waals surface area contributed by atoms with E-state index in [1.165, 1.54) is 0 Å². The first-order chi connectivity index (χ1) is 8.24. The number of ether oxygens (including phenoxy) is 1. The predicted molar refractivity (Wildman–Crippen MR) is 63.6 cm³/mol.